The van der Waals surface area contributed by atoms with E-state index >= 15 is 0 Å². The van der Waals surface area contributed by atoms with Crippen LogP contribution in [0.5, 0.6) is 0 Å². The van der Waals surface area contributed by atoms with Gasteiger partial charge in [-0.25, -0.2) is 13.5 Å². The van der Waals surface area contributed by atoms with E-state index in [2.05, 4.69) is 36.9 Å². The normalized spacial score (nSPS) is 10.7. The number of nitrogens with one attached hydrogen (secondary N) is 2. The van der Waals surface area contributed by atoms with Crippen LogP contribution in [0, 0.1) is 25.5 Å². The van der Waals surface area contributed by atoms with Crippen molar-refractivity contribution in [2.75, 3.05) is 10.6 Å². The number of aromatic nitrogens is 3. The van der Waals surface area contributed by atoms with Crippen molar-refractivity contribution in [3.05, 3.63) is 69.5 Å². The van der Waals surface area contributed by atoms with Crippen molar-refractivity contribution in [3.63, 3.8) is 0 Å². The number of carbonyl (C=O) groups is 2. The minimum atomic E-state index is -0.589. The molecule has 10 heteroatoms. The van der Waals surface area contributed by atoms with Gasteiger partial charge < -0.3 is 10.6 Å². The molecule has 0 fully saturated rings. The first kappa shape index (κ1) is 20.6. The monoisotopic (exact) mass is 463 g/mol. The first-order valence-electron chi connectivity index (χ1n) is 8.47. The number of aryl methyl sites for hydroxylation is 1. The number of amides is 2. The van der Waals surface area contributed by atoms with Crippen LogP contribution in [-0.4, -0.2) is 26.8 Å². The maximum absolute atomic E-state index is 13.8. The summed E-state index contributed by atoms with van der Waals surface area (Å²) in [5, 5.41) is 12.6. The molecule has 1 aromatic heterocycles. The van der Waals surface area contributed by atoms with Gasteiger partial charge in [-0.2, -0.15) is 0 Å². The van der Waals surface area contributed by atoms with E-state index < -0.39 is 23.4 Å². The van der Waals surface area contributed by atoms with Crippen LogP contribution >= 0.6 is 15.9 Å². The van der Waals surface area contributed by atoms with Gasteiger partial charge in [0.25, 0.3) is 5.91 Å². The molecule has 3 aromatic rings. The molecule has 7 nitrogen and oxygen atoms in total. The van der Waals surface area contributed by atoms with Crippen LogP contribution in [-0.2, 0) is 11.3 Å². The molecule has 0 radical (unpaired) electrons. The second-order valence-corrected chi connectivity index (χ2v) is 7.18. The summed E-state index contributed by atoms with van der Waals surface area (Å²) in [6, 6.07) is 8.28. The third-order valence-corrected chi connectivity index (χ3v) is 4.64. The average molecular weight is 464 g/mol. The fourth-order valence-corrected chi connectivity index (χ4v) is 2.88. The van der Waals surface area contributed by atoms with Crippen LogP contribution < -0.4 is 10.6 Å². The van der Waals surface area contributed by atoms with Gasteiger partial charge >= 0.3 is 0 Å². The minimum Gasteiger partial charge on any atom is -0.322 e. The summed E-state index contributed by atoms with van der Waals surface area (Å²) in [4.78, 5) is 24.7. The molecule has 0 aliphatic carbocycles. The molecule has 2 amide bonds. The van der Waals surface area contributed by atoms with Gasteiger partial charge in [-0.3, -0.25) is 9.59 Å². The lowest BCUT2D eigenvalue weighted by Crippen LogP contribution is -2.21. The van der Waals surface area contributed by atoms with Gasteiger partial charge in [-0.05, 0) is 49.7 Å². The number of halogens is 3. The van der Waals surface area contributed by atoms with Crippen molar-refractivity contribution in [2.45, 2.75) is 20.4 Å². The largest absolute Gasteiger partial charge is 0.322 e. The molecule has 0 unspecified atom stereocenters. The quantitative estimate of drug-likeness (QED) is 0.601. The molecule has 0 aliphatic rings. The molecule has 0 saturated heterocycles. The molecule has 0 aliphatic heterocycles. The van der Waals surface area contributed by atoms with Gasteiger partial charge in [0.05, 0.1) is 11.4 Å². The third kappa shape index (κ3) is 4.83. The van der Waals surface area contributed by atoms with Crippen LogP contribution in [0.1, 0.15) is 21.7 Å². The van der Waals surface area contributed by atoms with E-state index in [1.165, 1.54) is 28.9 Å². The molecule has 29 heavy (non-hydrogen) atoms. The fraction of sp³-hybridized carbons (Fsp3) is 0.158. The maximum Gasteiger partial charge on any atom is 0.278 e. The van der Waals surface area contributed by atoms with E-state index in [1.807, 2.05) is 0 Å². The summed E-state index contributed by atoms with van der Waals surface area (Å²) in [7, 11) is 0. The first-order chi connectivity index (χ1) is 13.7. The number of carbonyl (C=O) groups excluding carboxylic acids is 2. The standard InChI is InChI=1S/C19H16BrF2N5O2/c1-10-3-5-13(21)8-16(10)24-19(29)18-11(2)27(26-25-18)9-17(28)23-15-6-4-12(20)7-14(15)22/h3-8H,9H2,1-2H3,(H,23,28)(H,24,29). The van der Waals surface area contributed by atoms with Gasteiger partial charge in [0.2, 0.25) is 5.91 Å². The topological polar surface area (TPSA) is 88.9 Å². The molecule has 0 spiro atoms. The highest BCUT2D eigenvalue weighted by atomic mass is 79.9. The Balaban J connectivity index is 1.70. The Morgan fingerprint density at radius 3 is 2.55 bits per heavy atom. The van der Waals surface area contributed by atoms with Gasteiger partial charge in [0, 0.05) is 10.2 Å². The van der Waals surface area contributed by atoms with Gasteiger partial charge in [0.15, 0.2) is 5.69 Å². The second kappa shape index (κ2) is 8.48. The molecule has 150 valence electrons. The molecule has 2 N–H and O–H groups in total. The summed E-state index contributed by atoms with van der Waals surface area (Å²) in [6.07, 6.45) is 0. The van der Waals surface area contributed by atoms with E-state index in [0.717, 1.165) is 0 Å². The predicted octanol–water partition coefficient (Wildman–Crippen LogP) is 3.83. The van der Waals surface area contributed by atoms with Crippen LogP contribution in [0.25, 0.3) is 0 Å². The number of nitrogens with zero attached hydrogens (tertiary/aromatic N) is 3. The highest BCUT2D eigenvalue weighted by Crippen LogP contribution is 2.20. The molecule has 0 bridgehead atoms. The molecule has 0 atom stereocenters. The summed E-state index contributed by atoms with van der Waals surface area (Å²) in [6.45, 7) is 3.03. The zero-order valence-corrected chi connectivity index (χ0v) is 17.0. The molecular formula is C19H16BrF2N5O2. The van der Waals surface area contributed by atoms with Crippen molar-refractivity contribution >= 4 is 39.1 Å². The summed E-state index contributed by atoms with van der Waals surface area (Å²) >= 11 is 3.14. The lowest BCUT2D eigenvalue weighted by Gasteiger charge is -2.09. The van der Waals surface area contributed by atoms with Crippen LogP contribution in [0.2, 0.25) is 0 Å². The highest BCUT2D eigenvalue weighted by molar-refractivity contribution is 9.10. The number of hydrogen-bond donors (Lipinski definition) is 2. The Morgan fingerprint density at radius 2 is 1.83 bits per heavy atom. The average Bonchev–Trinajstić information content (AvgIpc) is 3.01. The second-order valence-electron chi connectivity index (χ2n) is 6.27. The zero-order valence-electron chi connectivity index (χ0n) is 15.5. The molecule has 0 saturated carbocycles. The van der Waals surface area contributed by atoms with Gasteiger partial charge in [-0.15, -0.1) is 5.10 Å². The SMILES string of the molecule is Cc1ccc(F)cc1NC(=O)c1nnn(CC(=O)Nc2ccc(Br)cc2F)c1C. The van der Waals surface area contributed by atoms with Crippen molar-refractivity contribution in [3.8, 4) is 0 Å². The Morgan fingerprint density at radius 1 is 1.07 bits per heavy atom. The lowest BCUT2D eigenvalue weighted by atomic mass is 10.2. The van der Waals surface area contributed by atoms with Gasteiger partial charge in [-0.1, -0.05) is 27.2 Å². The number of rotatable bonds is 5. The van der Waals surface area contributed by atoms with E-state index in [0.29, 0.717) is 21.4 Å². The lowest BCUT2D eigenvalue weighted by molar-refractivity contribution is -0.117. The highest BCUT2D eigenvalue weighted by Gasteiger charge is 2.19. The van der Waals surface area contributed by atoms with Crippen molar-refractivity contribution < 1.29 is 18.4 Å². The number of anilines is 2. The Bertz CT molecular complexity index is 1100. The summed E-state index contributed by atoms with van der Waals surface area (Å²) in [5.41, 5.74) is 1.35. The molecule has 1 heterocycles. The Labute approximate surface area is 173 Å². The van der Waals surface area contributed by atoms with Gasteiger partial charge in [0.1, 0.15) is 18.2 Å². The molecule has 3 rings (SSSR count). The number of benzene rings is 2. The predicted molar refractivity (Wildman–Crippen MR) is 107 cm³/mol. The van der Waals surface area contributed by atoms with E-state index in [9.17, 15) is 18.4 Å². The van der Waals surface area contributed by atoms with Crippen LogP contribution in [0.4, 0.5) is 20.2 Å². The molecular weight excluding hydrogens is 448 g/mol. The molecule has 2 aromatic carbocycles. The van der Waals surface area contributed by atoms with Crippen molar-refractivity contribution in [1.82, 2.24) is 15.0 Å². The van der Waals surface area contributed by atoms with Crippen LogP contribution in [0.15, 0.2) is 40.9 Å². The van der Waals surface area contributed by atoms with Crippen LogP contribution in [0.3, 0.4) is 0 Å². The van der Waals surface area contributed by atoms with Crippen molar-refractivity contribution in [1.29, 1.82) is 0 Å². The minimum absolute atomic E-state index is 0.00344. The summed E-state index contributed by atoms with van der Waals surface area (Å²) < 4.78 is 29.0. The fourth-order valence-electron chi connectivity index (χ4n) is 2.55. The van der Waals surface area contributed by atoms with E-state index in [4.69, 9.17) is 0 Å². The maximum atomic E-state index is 13.8. The summed E-state index contributed by atoms with van der Waals surface area (Å²) in [5.74, 6) is -2.19. The van der Waals surface area contributed by atoms with Crippen molar-refractivity contribution in [2.24, 2.45) is 0 Å². The van der Waals surface area contributed by atoms with E-state index in [-0.39, 0.29) is 17.9 Å². The van der Waals surface area contributed by atoms with E-state index in [1.54, 1.807) is 26.0 Å². The number of hydrogen-bond acceptors (Lipinski definition) is 4. The Kier molecular flexibility index (Phi) is 6.02. The Hall–Kier alpha value is -3.14. The zero-order chi connectivity index (χ0) is 21.1. The third-order valence-electron chi connectivity index (χ3n) is 4.14. The first-order valence-corrected chi connectivity index (χ1v) is 9.26. The smallest absolute Gasteiger partial charge is 0.278 e.